The molecule has 2 rings (SSSR count). The summed E-state index contributed by atoms with van der Waals surface area (Å²) in [7, 11) is 0. The third kappa shape index (κ3) is 4.19. The van der Waals surface area contributed by atoms with Crippen LogP contribution in [0.15, 0.2) is 61.2 Å². The molecule has 22 heavy (non-hydrogen) atoms. The van der Waals surface area contributed by atoms with Gasteiger partial charge in [0.2, 0.25) is 0 Å². The van der Waals surface area contributed by atoms with Gasteiger partial charge in [0.25, 0.3) is 0 Å². The van der Waals surface area contributed by atoms with E-state index >= 15 is 0 Å². The minimum Gasteiger partial charge on any atom is -0.489 e. The van der Waals surface area contributed by atoms with Gasteiger partial charge in [0, 0.05) is 0 Å². The Kier molecular flexibility index (Phi) is 5.31. The number of rotatable bonds is 6. The van der Waals surface area contributed by atoms with Crippen molar-refractivity contribution in [3.05, 3.63) is 83.4 Å². The van der Waals surface area contributed by atoms with E-state index in [0.29, 0.717) is 17.9 Å². The topological polar surface area (TPSA) is 26.3 Å². The Morgan fingerprint density at radius 2 is 1.77 bits per heavy atom. The zero-order valence-electron chi connectivity index (χ0n) is 13.0. The minimum atomic E-state index is -0.0664. The van der Waals surface area contributed by atoms with Crippen LogP contribution in [-0.2, 0) is 0 Å². The van der Waals surface area contributed by atoms with Crippen molar-refractivity contribution < 1.29 is 9.53 Å². The molecule has 0 aliphatic heterocycles. The molecule has 0 unspecified atom stereocenters. The van der Waals surface area contributed by atoms with Crippen LogP contribution in [0.5, 0.6) is 5.75 Å². The molecule has 0 fully saturated rings. The van der Waals surface area contributed by atoms with E-state index in [-0.39, 0.29) is 5.78 Å². The van der Waals surface area contributed by atoms with Crippen molar-refractivity contribution in [2.45, 2.75) is 13.8 Å². The molecule has 0 spiro atoms. The van der Waals surface area contributed by atoms with E-state index in [4.69, 9.17) is 4.74 Å². The van der Waals surface area contributed by atoms with E-state index < -0.39 is 0 Å². The van der Waals surface area contributed by atoms with Crippen LogP contribution in [-0.4, -0.2) is 12.4 Å². The number of allylic oxidation sites excluding steroid dienone is 1. The molecule has 0 saturated heterocycles. The van der Waals surface area contributed by atoms with Gasteiger partial charge < -0.3 is 4.74 Å². The molecule has 0 N–H and O–H groups in total. The first kappa shape index (κ1) is 15.8. The first-order valence-corrected chi connectivity index (χ1v) is 7.23. The van der Waals surface area contributed by atoms with Gasteiger partial charge >= 0.3 is 0 Å². The summed E-state index contributed by atoms with van der Waals surface area (Å²) in [4.78, 5) is 12.4. The second-order valence-electron chi connectivity index (χ2n) is 5.21. The van der Waals surface area contributed by atoms with Crippen molar-refractivity contribution >= 4 is 11.9 Å². The fourth-order valence-corrected chi connectivity index (χ4v) is 2.05. The molecule has 112 valence electrons. The van der Waals surface area contributed by atoms with Crippen LogP contribution >= 0.6 is 0 Å². The van der Waals surface area contributed by atoms with Crippen LogP contribution in [0, 0.1) is 13.8 Å². The summed E-state index contributed by atoms with van der Waals surface area (Å²) in [5.41, 5.74) is 3.80. The first-order valence-electron chi connectivity index (χ1n) is 7.23. The Morgan fingerprint density at radius 1 is 1.09 bits per heavy atom. The fraction of sp³-hybridized carbons (Fsp3) is 0.150. The van der Waals surface area contributed by atoms with Gasteiger partial charge in [0.15, 0.2) is 5.78 Å². The fourth-order valence-electron chi connectivity index (χ4n) is 2.05. The van der Waals surface area contributed by atoms with Gasteiger partial charge in [-0.25, -0.2) is 0 Å². The third-order valence-corrected chi connectivity index (χ3v) is 3.26. The Hall–Kier alpha value is -2.61. The predicted molar refractivity (Wildman–Crippen MR) is 91.4 cm³/mol. The predicted octanol–water partition coefficient (Wildman–Crippen LogP) is 4.76. The number of carbonyl (C=O) groups excluding carboxylic acids is 1. The van der Waals surface area contributed by atoms with Crippen LogP contribution in [0.4, 0.5) is 0 Å². The summed E-state index contributed by atoms with van der Waals surface area (Å²) in [6, 6.07) is 13.6. The maximum Gasteiger partial charge on any atom is 0.189 e. The number of ether oxygens (including phenoxy) is 1. The number of benzene rings is 2. The molecule has 0 atom stereocenters. The van der Waals surface area contributed by atoms with Crippen molar-refractivity contribution in [2.75, 3.05) is 6.61 Å². The number of aryl methyl sites for hydroxylation is 2. The highest BCUT2D eigenvalue weighted by molar-refractivity contribution is 6.08. The monoisotopic (exact) mass is 292 g/mol. The second kappa shape index (κ2) is 7.41. The van der Waals surface area contributed by atoms with Crippen LogP contribution in [0.2, 0.25) is 0 Å². The summed E-state index contributed by atoms with van der Waals surface area (Å²) < 4.78 is 5.56. The molecule has 0 radical (unpaired) electrons. The minimum absolute atomic E-state index is 0.0664. The number of carbonyl (C=O) groups is 1. The van der Waals surface area contributed by atoms with Gasteiger partial charge in [0.1, 0.15) is 12.4 Å². The maximum absolute atomic E-state index is 12.4. The summed E-state index contributed by atoms with van der Waals surface area (Å²) in [5, 5.41) is 0. The van der Waals surface area contributed by atoms with Crippen molar-refractivity contribution in [1.82, 2.24) is 0 Å². The molecule has 2 aromatic carbocycles. The average Bonchev–Trinajstić information content (AvgIpc) is 2.53. The lowest BCUT2D eigenvalue weighted by atomic mass is 10.0. The number of hydrogen-bond acceptors (Lipinski definition) is 2. The molecule has 0 aliphatic rings. The SMILES string of the molecule is C=CCOc1ccc(C)cc1C(=O)/C=C/c1ccc(C)cc1. The van der Waals surface area contributed by atoms with Crippen LogP contribution in [0.1, 0.15) is 27.0 Å². The lowest BCUT2D eigenvalue weighted by Crippen LogP contribution is -2.02. The van der Waals surface area contributed by atoms with E-state index in [1.807, 2.05) is 62.4 Å². The summed E-state index contributed by atoms with van der Waals surface area (Å²) in [6.07, 6.45) is 5.07. The highest BCUT2D eigenvalue weighted by atomic mass is 16.5. The average molecular weight is 292 g/mol. The smallest absolute Gasteiger partial charge is 0.189 e. The molecule has 2 aromatic rings. The van der Waals surface area contributed by atoms with Crippen LogP contribution in [0.25, 0.3) is 6.08 Å². The van der Waals surface area contributed by atoms with Gasteiger partial charge in [-0.1, -0.05) is 60.2 Å². The lowest BCUT2D eigenvalue weighted by molar-refractivity contribution is 0.104. The van der Waals surface area contributed by atoms with Crippen molar-refractivity contribution in [3.63, 3.8) is 0 Å². The van der Waals surface area contributed by atoms with Crippen LogP contribution < -0.4 is 4.74 Å². The molecular weight excluding hydrogens is 272 g/mol. The van der Waals surface area contributed by atoms with Crippen molar-refractivity contribution in [2.24, 2.45) is 0 Å². The first-order chi connectivity index (χ1) is 10.6. The Bertz CT molecular complexity index is 694. The zero-order chi connectivity index (χ0) is 15.9. The molecule has 0 heterocycles. The molecule has 0 aromatic heterocycles. The van der Waals surface area contributed by atoms with E-state index in [9.17, 15) is 4.79 Å². The summed E-state index contributed by atoms with van der Waals surface area (Å²) >= 11 is 0. The van der Waals surface area contributed by atoms with Crippen LogP contribution in [0.3, 0.4) is 0 Å². The van der Waals surface area contributed by atoms with Gasteiger partial charge in [-0.3, -0.25) is 4.79 Å². The van der Waals surface area contributed by atoms with Gasteiger partial charge in [-0.15, -0.1) is 0 Å². The number of ketones is 1. The summed E-state index contributed by atoms with van der Waals surface area (Å²) in [6.45, 7) is 8.00. The Labute approximate surface area is 131 Å². The van der Waals surface area contributed by atoms with E-state index in [0.717, 1.165) is 11.1 Å². The van der Waals surface area contributed by atoms with Gasteiger partial charge in [-0.2, -0.15) is 0 Å². The molecular formula is C20H20O2. The largest absolute Gasteiger partial charge is 0.489 e. The highest BCUT2D eigenvalue weighted by Crippen LogP contribution is 2.21. The van der Waals surface area contributed by atoms with Crippen molar-refractivity contribution in [1.29, 1.82) is 0 Å². The Balaban J connectivity index is 2.22. The molecule has 2 nitrogen and oxygen atoms in total. The lowest BCUT2D eigenvalue weighted by Gasteiger charge is -2.08. The van der Waals surface area contributed by atoms with Crippen molar-refractivity contribution in [3.8, 4) is 5.75 Å². The normalized spacial score (nSPS) is 10.6. The zero-order valence-corrected chi connectivity index (χ0v) is 13.0. The molecule has 0 saturated carbocycles. The molecule has 2 heteroatoms. The second-order valence-corrected chi connectivity index (χ2v) is 5.21. The van der Waals surface area contributed by atoms with E-state index in [1.54, 1.807) is 12.2 Å². The van der Waals surface area contributed by atoms with E-state index in [1.165, 1.54) is 5.56 Å². The number of hydrogen-bond donors (Lipinski definition) is 0. The third-order valence-electron chi connectivity index (χ3n) is 3.26. The standard InChI is InChI=1S/C20H20O2/c1-4-13-22-20-12-7-16(3)14-18(20)19(21)11-10-17-8-5-15(2)6-9-17/h4-12,14H,1,13H2,2-3H3/b11-10+. The highest BCUT2D eigenvalue weighted by Gasteiger charge is 2.10. The molecule has 0 amide bonds. The molecule has 0 bridgehead atoms. The van der Waals surface area contributed by atoms with E-state index in [2.05, 4.69) is 6.58 Å². The molecule has 0 aliphatic carbocycles. The van der Waals surface area contributed by atoms with Gasteiger partial charge in [-0.05, 0) is 37.6 Å². The Morgan fingerprint density at radius 3 is 2.45 bits per heavy atom. The quantitative estimate of drug-likeness (QED) is 0.436. The van der Waals surface area contributed by atoms with Gasteiger partial charge in [0.05, 0.1) is 5.56 Å². The maximum atomic E-state index is 12.4. The summed E-state index contributed by atoms with van der Waals surface area (Å²) in [5.74, 6) is 0.521.